The maximum atomic E-state index is 5.64. The van der Waals surface area contributed by atoms with Crippen LogP contribution in [-0.4, -0.2) is 17.6 Å². The Morgan fingerprint density at radius 3 is 3.13 bits per heavy atom. The standard InChI is InChI=1S/C12H18N2O/c1-2-7-15-12-9-13-6-5-10(12)8-14-11-3-4-11/h5-6,9,11,14H,2-4,7-8H2,1H3. The molecule has 3 heteroatoms. The van der Waals surface area contributed by atoms with Crippen molar-refractivity contribution in [3.05, 3.63) is 24.0 Å². The molecule has 0 unspecified atom stereocenters. The monoisotopic (exact) mass is 206 g/mol. The van der Waals surface area contributed by atoms with Gasteiger partial charge in [-0.25, -0.2) is 0 Å². The van der Waals surface area contributed by atoms with Gasteiger partial charge in [-0.1, -0.05) is 6.92 Å². The third-order valence-corrected chi connectivity index (χ3v) is 2.49. The van der Waals surface area contributed by atoms with Crippen LogP contribution in [0.3, 0.4) is 0 Å². The van der Waals surface area contributed by atoms with Crippen molar-refractivity contribution in [3.63, 3.8) is 0 Å². The molecule has 0 amide bonds. The Kier molecular flexibility index (Phi) is 3.56. The van der Waals surface area contributed by atoms with E-state index in [1.165, 1.54) is 18.4 Å². The zero-order valence-corrected chi connectivity index (χ0v) is 9.20. The molecule has 1 fully saturated rings. The van der Waals surface area contributed by atoms with Crippen molar-refractivity contribution < 1.29 is 4.74 Å². The van der Waals surface area contributed by atoms with Gasteiger partial charge in [0.25, 0.3) is 0 Å². The summed E-state index contributed by atoms with van der Waals surface area (Å²) in [4.78, 5) is 4.09. The van der Waals surface area contributed by atoms with Gasteiger partial charge in [-0.15, -0.1) is 0 Å². The van der Waals surface area contributed by atoms with E-state index in [9.17, 15) is 0 Å². The van der Waals surface area contributed by atoms with Crippen molar-refractivity contribution in [3.8, 4) is 5.75 Å². The number of nitrogens with one attached hydrogen (secondary N) is 1. The van der Waals surface area contributed by atoms with E-state index >= 15 is 0 Å². The summed E-state index contributed by atoms with van der Waals surface area (Å²) in [6.07, 6.45) is 7.29. The van der Waals surface area contributed by atoms with Crippen LogP contribution in [0.1, 0.15) is 31.7 Å². The average molecular weight is 206 g/mol. The molecule has 1 aromatic heterocycles. The van der Waals surface area contributed by atoms with Gasteiger partial charge in [0.15, 0.2) is 0 Å². The van der Waals surface area contributed by atoms with E-state index in [-0.39, 0.29) is 0 Å². The Labute approximate surface area is 90.9 Å². The van der Waals surface area contributed by atoms with Gasteiger partial charge in [-0.05, 0) is 25.3 Å². The Morgan fingerprint density at radius 1 is 1.53 bits per heavy atom. The van der Waals surface area contributed by atoms with Gasteiger partial charge in [-0.3, -0.25) is 4.98 Å². The zero-order valence-electron chi connectivity index (χ0n) is 9.20. The van der Waals surface area contributed by atoms with Crippen molar-refractivity contribution in [2.45, 2.75) is 38.8 Å². The molecule has 0 atom stereocenters. The number of hydrogen-bond donors (Lipinski definition) is 1. The average Bonchev–Trinajstić information content (AvgIpc) is 3.08. The summed E-state index contributed by atoms with van der Waals surface area (Å²) in [5, 5.41) is 3.48. The SMILES string of the molecule is CCCOc1cnccc1CNC1CC1. The van der Waals surface area contributed by atoms with Crippen LogP contribution in [0.25, 0.3) is 0 Å². The topological polar surface area (TPSA) is 34.1 Å². The molecule has 0 saturated heterocycles. The first-order valence-electron chi connectivity index (χ1n) is 5.69. The van der Waals surface area contributed by atoms with E-state index in [1.807, 2.05) is 12.3 Å². The zero-order chi connectivity index (χ0) is 10.5. The highest BCUT2D eigenvalue weighted by molar-refractivity contribution is 5.29. The molecule has 0 aromatic carbocycles. The molecule has 15 heavy (non-hydrogen) atoms. The fourth-order valence-corrected chi connectivity index (χ4v) is 1.44. The fraction of sp³-hybridized carbons (Fsp3) is 0.583. The molecule has 1 N–H and O–H groups in total. The highest BCUT2D eigenvalue weighted by atomic mass is 16.5. The molecule has 1 aliphatic carbocycles. The van der Waals surface area contributed by atoms with Crippen molar-refractivity contribution in [1.29, 1.82) is 0 Å². The highest BCUT2D eigenvalue weighted by Crippen LogP contribution is 2.21. The lowest BCUT2D eigenvalue weighted by atomic mass is 10.2. The lowest BCUT2D eigenvalue weighted by Gasteiger charge is -2.10. The van der Waals surface area contributed by atoms with Gasteiger partial charge in [0.2, 0.25) is 0 Å². The normalized spacial score (nSPS) is 15.3. The molecule has 0 radical (unpaired) electrons. The van der Waals surface area contributed by atoms with Crippen molar-refractivity contribution in [2.24, 2.45) is 0 Å². The number of pyridine rings is 1. The van der Waals surface area contributed by atoms with E-state index < -0.39 is 0 Å². The number of ether oxygens (including phenoxy) is 1. The Hall–Kier alpha value is -1.09. The van der Waals surface area contributed by atoms with E-state index in [4.69, 9.17) is 4.74 Å². The third-order valence-electron chi connectivity index (χ3n) is 2.49. The predicted octanol–water partition coefficient (Wildman–Crippen LogP) is 2.12. The molecule has 1 aliphatic rings. The van der Waals surface area contributed by atoms with Gasteiger partial charge in [-0.2, -0.15) is 0 Å². The Bertz CT molecular complexity index is 310. The van der Waals surface area contributed by atoms with E-state index in [1.54, 1.807) is 6.20 Å². The first kappa shape index (κ1) is 10.4. The summed E-state index contributed by atoms with van der Waals surface area (Å²) in [5.41, 5.74) is 1.21. The van der Waals surface area contributed by atoms with Gasteiger partial charge >= 0.3 is 0 Å². The first-order valence-corrected chi connectivity index (χ1v) is 5.69. The van der Waals surface area contributed by atoms with Crippen LogP contribution in [0.4, 0.5) is 0 Å². The Balaban J connectivity index is 1.93. The minimum atomic E-state index is 0.734. The van der Waals surface area contributed by atoms with Crippen LogP contribution in [0.15, 0.2) is 18.5 Å². The molecule has 0 aliphatic heterocycles. The van der Waals surface area contributed by atoms with E-state index in [0.29, 0.717) is 0 Å². The van der Waals surface area contributed by atoms with Gasteiger partial charge < -0.3 is 10.1 Å². The summed E-state index contributed by atoms with van der Waals surface area (Å²) in [6, 6.07) is 2.76. The first-order chi connectivity index (χ1) is 7.40. The smallest absolute Gasteiger partial charge is 0.142 e. The van der Waals surface area contributed by atoms with Gasteiger partial charge in [0, 0.05) is 24.3 Å². The summed E-state index contributed by atoms with van der Waals surface area (Å²) in [7, 11) is 0. The second-order valence-electron chi connectivity index (χ2n) is 3.99. The highest BCUT2D eigenvalue weighted by Gasteiger charge is 2.20. The van der Waals surface area contributed by atoms with Crippen molar-refractivity contribution in [2.75, 3.05) is 6.61 Å². The second-order valence-corrected chi connectivity index (χ2v) is 3.99. The molecule has 1 aromatic rings. The molecule has 3 nitrogen and oxygen atoms in total. The fourth-order valence-electron chi connectivity index (χ4n) is 1.44. The molecule has 2 rings (SSSR count). The summed E-state index contributed by atoms with van der Waals surface area (Å²) >= 11 is 0. The van der Waals surface area contributed by atoms with Crippen LogP contribution in [0.5, 0.6) is 5.75 Å². The number of nitrogens with zero attached hydrogens (tertiary/aromatic N) is 1. The summed E-state index contributed by atoms with van der Waals surface area (Å²) in [5.74, 6) is 0.924. The number of hydrogen-bond acceptors (Lipinski definition) is 3. The lowest BCUT2D eigenvalue weighted by Crippen LogP contribution is -2.16. The maximum absolute atomic E-state index is 5.64. The lowest BCUT2D eigenvalue weighted by molar-refractivity contribution is 0.312. The van der Waals surface area contributed by atoms with Crippen LogP contribution in [-0.2, 0) is 6.54 Å². The number of aromatic nitrogens is 1. The minimum absolute atomic E-state index is 0.734. The molecule has 0 bridgehead atoms. The van der Waals surface area contributed by atoms with Crippen LogP contribution in [0, 0.1) is 0 Å². The molecule has 1 saturated carbocycles. The summed E-state index contributed by atoms with van der Waals surface area (Å²) < 4.78 is 5.64. The van der Waals surface area contributed by atoms with Crippen LogP contribution < -0.4 is 10.1 Å². The molecule has 1 heterocycles. The molecule has 82 valence electrons. The number of rotatable bonds is 6. The largest absolute Gasteiger partial charge is 0.492 e. The predicted molar refractivity (Wildman–Crippen MR) is 59.9 cm³/mol. The van der Waals surface area contributed by atoms with Gasteiger partial charge in [0.05, 0.1) is 12.8 Å². The Morgan fingerprint density at radius 2 is 2.40 bits per heavy atom. The third kappa shape index (κ3) is 3.20. The van der Waals surface area contributed by atoms with E-state index in [2.05, 4.69) is 17.2 Å². The molecular formula is C12H18N2O. The minimum Gasteiger partial charge on any atom is -0.492 e. The van der Waals surface area contributed by atoms with Gasteiger partial charge in [0.1, 0.15) is 5.75 Å². The molecule has 0 spiro atoms. The maximum Gasteiger partial charge on any atom is 0.142 e. The van der Waals surface area contributed by atoms with Crippen LogP contribution in [0.2, 0.25) is 0 Å². The van der Waals surface area contributed by atoms with Crippen LogP contribution >= 0.6 is 0 Å². The molecular weight excluding hydrogens is 188 g/mol. The van der Waals surface area contributed by atoms with Crippen molar-refractivity contribution >= 4 is 0 Å². The van der Waals surface area contributed by atoms with E-state index in [0.717, 1.165) is 31.4 Å². The summed E-state index contributed by atoms with van der Waals surface area (Å²) in [6.45, 7) is 3.77. The second kappa shape index (κ2) is 5.12. The van der Waals surface area contributed by atoms with Crippen molar-refractivity contribution in [1.82, 2.24) is 10.3 Å². The quantitative estimate of drug-likeness (QED) is 0.774.